The predicted octanol–water partition coefficient (Wildman–Crippen LogP) is 3.35. The highest BCUT2D eigenvalue weighted by molar-refractivity contribution is 5.29. The van der Waals surface area contributed by atoms with E-state index in [9.17, 15) is 5.11 Å². The van der Waals surface area contributed by atoms with E-state index in [1.807, 2.05) is 52.0 Å². The molecule has 0 saturated heterocycles. The maximum atomic E-state index is 9.76. The first-order valence-electron chi connectivity index (χ1n) is 5.99. The normalized spacial score (nSPS) is 14.9. The highest BCUT2D eigenvalue weighted by Gasteiger charge is 2.14. The van der Waals surface area contributed by atoms with Crippen LogP contribution in [0.2, 0.25) is 0 Å². The number of ether oxygens (including phenoxy) is 1. The molecule has 0 radical (unpaired) electrons. The van der Waals surface area contributed by atoms with Gasteiger partial charge >= 0.3 is 0 Å². The second-order valence-corrected chi connectivity index (χ2v) is 4.50. The first-order chi connectivity index (χ1) is 7.54. The van der Waals surface area contributed by atoms with E-state index in [2.05, 4.69) is 0 Å². The third-order valence-electron chi connectivity index (χ3n) is 2.77. The van der Waals surface area contributed by atoms with Crippen LogP contribution in [0.3, 0.4) is 0 Å². The van der Waals surface area contributed by atoms with Gasteiger partial charge in [0.2, 0.25) is 0 Å². The molecule has 2 nitrogen and oxygen atoms in total. The summed E-state index contributed by atoms with van der Waals surface area (Å²) in [6.07, 6.45) is 0.715. The molecule has 1 aromatic carbocycles. The van der Waals surface area contributed by atoms with Gasteiger partial charge in [-0.3, -0.25) is 0 Å². The van der Waals surface area contributed by atoms with Crippen LogP contribution in [-0.4, -0.2) is 17.3 Å². The molecule has 0 bridgehead atoms. The highest BCUT2D eigenvalue weighted by Crippen LogP contribution is 2.23. The minimum Gasteiger partial charge on any atom is -0.491 e. The van der Waals surface area contributed by atoms with Gasteiger partial charge < -0.3 is 9.84 Å². The molecule has 1 aromatic rings. The Hall–Kier alpha value is -1.02. The van der Waals surface area contributed by atoms with E-state index in [-0.39, 0.29) is 18.1 Å². The Morgan fingerprint density at radius 1 is 1.12 bits per heavy atom. The molecule has 16 heavy (non-hydrogen) atoms. The average Bonchev–Trinajstić information content (AvgIpc) is 2.27. The zero-order chi connectivity index (χ0) is 12.1. The zero-order valence-corrected chi connectivity index (χ0v) is 10.6. The minimum atomic E-state index is -0.267. The van der Waals surface area contributed by atoms with Crippen LogP contribution in [-0.2, 0) is 0 Å². The number of hydrogen-bond acceptors (Lipinski definition) is 2. The largest absolute Gasteiger partial charge is 0.491 e. The van der Waals surface area contributed by atoms with E-state index in [4.69, 9.17) is 4.74 Å². The van der Waals surface area contributed by atoms with Gasteiger partial charge in [-0.25, -0.2) is 0 Å². The van der Waals surface area contributed by atoms with Crippen molar-refractivity contribution in [2.45, 2.75) is 52.2 Å². The van der Waals surface area contributed by atoms with Crippen LogP contribution in [0.25, 0.3) is 0 Å². The summed E-state index contributed by atoms with van der Waals surface area (Å²) in [6.45, 7) is 8.07. The van der Waals surface area contributed by atoms with Crippen molar-refractivity contribution >= 4 is 0 Å². The van der Waals surface area contributed by atoms with E-state index in [0.717, 1.165) is 17.7 Å². The molecular formula is C14H22O2. The number of hydrogen-bond donors (Lipinski definition) is 1. The van der Waals surface area contributed by atoms with Crippen molar-refractivity contribution in [3.8, 4) is 5.75 Å². The van der Waals surface area contributed by atoms with Crippen LogP contribution >= 0.6 is 0 Å². The molecule has 1 N–H and O–H groups in total. The van der Waals surface area contributed by atoms with Gasteiger partial charge in [-0.2, -0.15) is 0 Å². The number of benzene rings is 1. The molecule has 0 amide bonds. The molecule has 2 atom stereocenters. The van der Waals surface area contributed by atoms with Gasteiger partial charge in [0.05, 0.1) is 12.2 Å². The molecular weight excluding hydrogens is 200 g/mol. The summed E-state index contributed by atoms with van der Waals surface area (Å²) in [6, 6.07) is 7.99. The van der Waals surface area contributed by atoms with Gasteiger partial charge in [0, 0.05) is 5.92 Å². The number of aliphatic hydroxyl groups excluding tert-OH is 1. The summed E-state index contributed by atoms with van der Waals surface area (Å²) in [7, 11) is 0. The van der Waals surface area contributed by atoms with Crippen molar-refractivity contribution in [2.24, 2.45) is 0 Å². The predicted molar refractivity (Wildman–Crippen MR) is 66.9 cm³/mol. The summed E-state index contributed by atoms with van der Waals surface area (Å²) >= 11 is 0. The van der Waals surface area contributed by atoms with Crippen LogP contribution in [0, 0.1) is 0 Å². The highest BCUT2D eigenvalue weighted by atomic mass is 16.5. The van der Waals surface area contributed by atoms with Gasteiger partial charge in [0.15, 0.2) is 0 Å². The standard InChI is InChI=1S/C14H22O2/c1-5-14(15)11(4)12-6-8-13(9-7-12)16-10(2)3/h6-11,14-15H,5H2,1-4H3. The quantitative estimate of drug-likeness (QED) is 0.828. The molecule has 90 valence electrons. The molecule has 0 aliphatic carbocycles. The van der Waals surface area contributed by atoms with Crippen LogP contribution in [0.5, 0.6) is 5.75 Å². The summed E-state index contributed by atoms with van der Waals surface area (Å²) in [5.41, 5.74) is 1.16. The Bertz CT molecular complexity index is 303. The zero-order valence-electron chi connectivity index (χ0n) is 10.6. The van der Waals surface area contributed by atoms with Crippen LogP contribution in [0.15, 0.2) is 24.3 Å². The lowest BCUT2D eigenvalue weighted by Gasteiger charge is -2.18. The topological polar surface area (TPSA) is 29.5 Å². The fourth-order valence-corrected chi connectivity index (χ4v) is 1.70. The SMILES string of the molecule is CCC(O)C(C)c1ccc(OC(C)C)cc1. The molecule has 0 spiro atoms. The van der Waals surface area contributed by atoms with Crippen LogP contribution in [0.4, 0.5) is 0 Å². The molecule has 0 aromatic heterocycles. The van der Waals surface area contributed by atoms with Crippen LogP contribution in [0.1, 0.15) is 45.6 Å². The lowest BCUT2D eigenvalue weighted by molar-refractivity contribution is 0.145. The van der Waals surface area contributed by atoms with Gasteiger partial charge in [0.25, 0.3) is 0 Å². The number of aliphatic hydroxyl groups is 1. The summed E-state index contributed by atoms with van der Waals surface area (Å²) in [5.74, 6) is 1.06. The average molecular weight is 222 g/mol. The van der Waals surface area contributed by atoms with E-state index >= 15 is 0 Å². The first-order valence-corrected chi connectivity index (χ1v) is 5.99. The van der Waals surface area contributed by atoms with Gasteiger partial charge in [-0.1, -0.05) is 26.0 Å². The maximum absolute atomic E-state index is 9.76. The molecule has 1 rings (SSSR count). The van der Waals surface area contributed by atoms with Crippen molar-refractivity contribution in [1.82, 2.24) is 0 Å². The smallest absolute Gasteiger partial charge is 0.119 e. The summed E-state index contributed by atoms with van der Waals surface area (Å²) < 4.78 is 5.57. The van der Waals surface area contributed by atoms with Crippen molar-refractivity contribution in [1.29, 1.82) is 0 Å². The lowest BCUT2D eigenvalue weighted by atomic mass is 9.94. The Kier molecular flexibility index (Phi) is 4.81. The van der Waals surface area contributed by atoms with Crippen molar-refractivity contribution in [3.05, 3.63) is 29.8 Å². The Balaban J connectivity index is 2.70. The maximum Gasteiger partial charge on any atom is 0.119 e. The Labute approximate surface area is 98.3 Å². The second kappa shape index (κ2) is 5.90. The van der Waals surface area contributed by atoms with E-state index in [1.165, 1.54) is 0 Å². The third-order valence-corrected chi connectivity index (χ3v) is 2.77. The monoisotopic (exact) mass is 222 g/mol. The number of rotatable bonds is 5. The molecule has 2 heteroatoms. The third kappa shape index (κ3) is 3.53. The van der Waals surface area contributed by atoms with Crippen molar-refractivity contribution in [3.63, 3.8) is 0 Å². The molecule has 0 fully saturated rings. The Morgan fingerprint density at radius 2 is 1.69 bits per heavy atom. The molecule has 0 aliphatic rings. The fourth-order valence-electron chi connectivity index (χ4n) is 1.70. The molecule has 0 heterocycles. The molecule has 0 aliphatic heterocycles. The van der Waals surface area contributed by atoms with E-state index in [1.54, 1.807) is 0 Å². The van der Waals surface area contributed by atoms with Crippen molar-refractivity contribution in [2.75, 3.05) is 0 Å². The van der Waals surface area contributed by atoms with Crippen LogP contribution < -0.4 is 4.74 Å². The van der Waals surface area contributed by atoms with Gasteiger partial charge in [-0.05, 0) is 38.0 Å². The van der Waals surface area contributed by atoms with E-state index < -0.39 is 0 Å². The molecule has 2 unspecified atom stereocenters. The fraction of sp³-hybridized carbons (Fsp3) is 0.571. The summed E-state index contributed by atoms with van der Waals surface area (Å²) in [5, 5.41) is 9.76. The van der Waals surface area contributed by atoms with Gasteiger partial charge in [-0.15, -0.1) is 0 Å². The summed E-state index contributed by atoms with van der Waals surface area (Å²) in [4.78, 5) is 0. The first kappa shape index (κ1) is 13.0. The van der Waals surface area contributed by atoms with Crippen molar-refractivity contribution < 1.29 is 9.84 Å². The minimum absolute atomic E-state index is 0.179. The lowest BCUT2D eigenvalue weighted by Crippen LogP contribution is -2.14. The van der Waals surface area contributed by atoms with Gasteiger partial charge in [0.1, 0.15) is 5.75 Å². The van der Waals surface area contributed by atoms with E-state index in [0.29, 0.717) is 0 Å². The molecule has 0 saturated carbocycles. The second-order valence-electron chi connectivity index (χ2n) is 4.50. The Morgan fingerprint density at radius 3 is 2.12 bits per heavy atom.